The summed E-state index contributed by atoms with van der Waals surface area (Å²) in [5.41, 5.74) is 5.52. The minimum absolute atomic E-state index is 0.146. The van der Waals surface area contributed by atoms with Crippen molar-refractivity contribution in [1.82, 2.24) is 4.98 Å². The van der Waals surface area contributed by atoms with Crippen LogP contribution >= 0.6 is 0 Å². The van der Waals surface area contributed by atoms with Gasteiger partial charge in [0.05, 0.1) is 5.56 Å². The van der Waals surface area contributed by atoms with Crippen molar-refractivity contribution in [3.63, 3.8) is 0 Å². The second-order valence-electron chi connectivity index (χ2n) is 4.68. The zero-order chi connectivity index (χ0) is 13.3. The summed E-state index contributed by atoms with van der Waals surface area (Å²) >= 11 is 0. The van der Waals surface area contributed by atoms with Crippen molar-refractivity contribution in [2.75, 3.05) is 18.0 Å². The lowest BCUT2D eigenvalue weighted by molar-refractivity contribution is -0.137. The van der Waals surface area contributed by atoms with E-state index in [2.05, 4.69) is 4.98 Å². The Morgan fingerprint density at radius 2 is 1.89 bits per heavy atom. The van der Waals surface area contributed by atoms with Gasteiger partial charge in [-0.3, -0.25) is 0 Å². The average Bonchev–Trinajstić information content (AvgIpc) is 2.28. The molecule has 1 aromatic rings. The number of nitrogens with zero attached hydrogens (tertiary/aromatic N) is 2. The number of alkyl halides is 3. The van der Waals surface area contributed by atoms with Crippen molar-refractivity contribution in [2.24, 2.45) is 5.73 Å². The van der Waals surface area contributed by atoms with Crippen LogP contribution in [0.25, 0.3) is 0 Å². The van der Waals surface area contributed by atoms with Gasteiger partial charge in [0.2, 0.25) is 0 Å². The van der Waals surface area contributed by atoms with Crippen molar-refractivity contribution in [3.05, 3.63) is 23.4 Å². The van der Waals surface area contributed by atoms with Crippen LogP contribution in [-0.2, 0) is 6.18 Å². The Kier molecular flexibility index (Phi) is 3.47. The fourth-order valence-electron chi connectivity index (χ4n) is 2.11. The van der Waals surface area contributed by atoms with Gasteiger partial charge in [0.15, 0.2) is 0 Å². The summed E-state index contributed by atoms with van der Waals surface area (Å²) in [5.74, 6) is 0.397. The van der Waals surface area contributed by atoms with E-state index in [-0.39, 0.29) is 6.04 Å². The maximum atomic E-state index is 12.7. The molecule has 2 N–H and O–H groups in total. The van der Waals surface area contributed by atoms with Crippen LogP contribution in [-0.4, -0.2) is 24.1 Å². The summed E-state index contributed by atoms with van der Waals surface area (Å²) in [6.45, 7) is 2.90. The monoisotopic (exact) mass is 259 g/mol. The SMILES string of the molecule is Cc1cc(C(F)(F)F)cc(N2CCC(N)CC2)n1. The number of pyridine rings is 1. The quantitative estimate of drug-likeness (QED) is 0.841. The number of piperidine rings is 1. The van der Waals surface area contributed by atoms with Crippen LogP contribution in [0.4, 0.5) is 19.0 Å². The highest BCUT2D eigenvalue weighted by atomic mass is 19.4. The first-order valence-corrected chi connectivity index (χ1v) is 5.92. The zero-order valence-electron chi connectivity index (χ0n) is 10.2. The number of halogens is 3. The van der Waals surface area contributed by atoms with Crippen molar-refractivity contribution >= 4 is 5.82 Å². The van der Waals surface area contributed by atoms with Gasteiger partial charge in [0.25, 0.3) is 0 Å². The molecule has 1 aliphatic heterocycles. The van der Waals surface area contributed by atoms with Crippen LogP contribution in [0.3, 0.4) is 0 Å². The smallest absolute Gasteiger partial charge is 0.356 e. The summed E-state index contributed by atoms with van der Waals surface area (Å²) < 4.78 is 38.1. The van der Waals surface area contributed by atoms with E-state index in [1.54, 1.807) is 6.92 Å². The van der Waals surface area contributed by atoms with Crippen LogP contribution in [0.5, 0.6) is 0 Å². The molecule has 1 aromatic heterocycles. The van der Waals surface area contributed by atoms with E-state index in [0.717, 1.165) is 25.0 Å². The largest absolute Gasteiger partial charge is 0.416 e. The van der Waals surface area contributed by atoms with Gasteiger partial charge in [-0.2, -0.15) is 13.2 Å². The Labute approximate surface area is 104 Å². The summed E-state index contributed by atoms with van der Waals surface area (Å²) in [6, 6.07) is 2.33. The maximum Gasteiger partial charge on any atom is 0.416 e. The molecule has 1 fully saturated rings. The lowest BCUT2D eigenvalue weighted by Gasteiger charge is -2.31. The van der Waals surface area contributed by atoms with Crippen molar-refractivity contribution < 1.29 is 13.2 Å². The predicted molar refractivity (Wildman–Crippen MR) is 63.4 cm³/mol. The number of nitrogens with two attached hydrogens (primary N) is 1. The molecule has 6 heteroatoms. The summed E-state index contributed by atoms with van der Waals surface area (Å²) in [6.07, 6.45) is -2.75. The van der Waals surface area contributed by atoms with Gasteiger partial charge < -0.3 is 10.6 Å². The molecule has 1 saturated heterocycles. The number of rotatable bonds is 1. The first kappa shape index (κ1) is 13.1. The highest BCUT2D eigenvalue weighted by molar-refractivity contribution is 5.44. The molecule has 0 bridgehead atoms. The third-order valence-corrected chi connectivity index (χ3v) is 3.13. The summed E-state index contributed by atoms with van der Waals surface area (Å²) in [4.78, 5) is 6.05. The molecule has 0 unspecified atom stereocenters. The van der Waals surface area contributed by atoms with E-state index in [4.69, 9.17) is 5.73 Å². The Morgan fingerprint density at radius 1 is 1.28 bits per heavy atom. The number of anilines is 1. The van der Waals surface area contributed by atoms with Crippen molar-refractivity contribution in [2.45, 2.75) is 32.0 Å². The molecule has 1 aliphatic rings. The fraction of sp³-hybridized carbons (Fsp3) is 0.583. The molecule has 0 atom stereocenters. The van der Waals surface area contributed by atoms with Crippen molar-refractivity contribution in [1.29, 1.82) is 0 Å². The van der Waals surface area contributed by atoms with Gasteiger partial charge in [-0.1, -0.05) is 0 Å². The van der Waals surface area contributed by atoms with E-state index in [0.29, 0.717) is 24.6 Å². The second kappa shape index (κ2) is 4.76. The molecule has 2 rings (SSSR count). The minimum Gasteiger partial charge on any atom is -0.356 e. The number of hydrogen-bond acceptors (Lipinski definition) is 3. The molecular weight excluding hydrogens is 243 g/mol. The van der Waals surface area contributed by atoms with E-state index < -0.39 is 11.7 Å². The van der Waals surface area contributed by atoms with Gasteiger partial charge in [-0.05, 0) is 31.9 Å². The molecule has 0 spiro atoms. The van der Waals surface area contributed by atoms with Crippen LogP contribution in [0, 0.1) is 6.92 Å². The molecule has 2 heterocycles. The summed E-state index contributed by atoms with van der Waals surface area (Å²) in [7, 11) is 0. The minimum atomic E-state index is -4.32. The number of aromatic nitrogens is 1. The van der Waals surface area contributed by atoms with E-state index >= 15 is 0 Å². The molecule has 0 saturated carbocycles. The summed E-state index contributed by atoms with van der Waals surface area (Å²) in [5, 5.41) is 0. The fourth-order valence-corrected chi connectivity index (χ4v) is 2.11. The highest BCUT2D eigenvalue weighted by Crippen LogP contribution is 2.32. The van der Waals surface area contributed by atoms with E-state index in [1.807, 2.05) is 4.90 Å². The average molecular weight is 259 g/mol. The molecule has 3 nitrogen and oxygen atoms in total. The topological polar surface area (TPSA) is 42.1 Å². The van der Waals surface area contributed by atoms with Crippen LogP contribution in [0.15, 0.2) is 12.1 Å². The predicted octanol–water partition coefficient (Wildman–Crippen LogP) is 2.34. The molecule has 0 aromatic carbocycles. The molecule has 18 heavy (non-hydrogen) atoms. The maximum absolute atomic E-state index is 12.7. The van der Waals surface area contributed by atoms with Gasteiger partial charge in [-0.25, -0.2) is 4.98 Å². The third kappa shape index (κ3) is 2.93. The highest BCUT2D eigenvalue weighted by Gasteiger charge is 2.32. The molecular formula is C12H16F3N3. The Balaban J connectivity index is 2.25. The molecule has 0 aliphatic carbocycles. The number of aryl methyl sites for hydroxylation is 1. The van der Waals surface area contributed by atoms with Crippen LogP contribution < -0.4 is 10.6 Å². The first-order chi connectivity index (χ1) is 8.36. The Morgan fingerprint density at radius 3 is 2.44 bits per heavy atom. The third-order valence-electron chi connectivity index (χ3n) is 3.13. The first-order valence-electron chi connectivity index (χ1n) is 5.92. The second-order valence-corrected chi connectivity index (χ2v) is 4.68. The Hall–Kier alpha value is -1.30. The van der Waals surface area contributed by atoms with Crippen molar-refractivity contribution in [3.8, 4) is 0 Å². The molecule has 100 valence electrons. The Bertz CT molecular complexity index is 423. The molecule has 0 amide bonds. The normalized spacial score (nSPS) is 18.2. The number of hydrogen-bond donors (Lipinski definition) is 1. The van der Waals surface area contributed by atoms with Gasteiger partial charge in [-0.15, -0.1) is 0 Å². The standard InChI is InChI=1S/C12H16F3N3/c1-8-6-9(12(13,14)15)7-11(17-8)18-4-2-10(16)3-5-18/h6-7,10H,2-5,16H2,1H3. The van der Waals surface area contributed by atoms with Gasteiger partial charge >= 0.3 is 6.18 Å². The van der Waals surface area contributed by atoms with Gasteiger partial charge in [0.1, 0.15) is 5.82 Å². The van der Waals surface area contributed by atoms with Crippen LogP contribution in [0.2, 0.25) is 0 Å². The lowest BCUT2D eigenvalue weighted by Crippen LogP contribution is -2.40. The zero-order valence-corrected chi connectivity index (χ0v) is 10.2. The van der Waals surface area contributed by atoms with E-state index in [9.17, 15) is 13.2 Å². The van der Waals surface area contributed by atoms with Gasteiger partial charge in [0, 0.05) is 24.8 Å². The lowest BCUT2D eigenvalue weighted by atomic mass is 10.1. The van der Waals surface area contributed by atoms with Crippen LogP contribution in [0.1, 0.15) is 24.1 Å². The van der Waals surface area contributed by atoms with E-state index in [1.165, 1.54) is 0 Å². The molecule has 0 radical (unpaired) electrons.